The van der Waals surface area contributed by atoms with Crippen LogP contribution in [-0.2, 0) is 13.1 Å². The molecule has 3 rings (SSSR count). The van der Waals surface area contributed by atoms with Gasteiger partial charge in [-0.25, -0.2) is 0 Å². The van der Waals surface area contributed by atoms with Crippen LogP contribution in [-0.4, -0.2) is 37.0 Å². The number of likely N-dealkylation sites (tertiary alicyclic amines) is 1. The van der Waals surface area contributed by atoms with Gasteiger partial charge in [-0.2, -0.15) is 0 Å². The molecule has 0 saturated carbocycles. The normalized spacial score (nSPS) is 15.9. The Labute approximate surface area is 184 Å². The molecule has 0 spiro atoms. The van der Waals surface area contributed by atoms with Gasteiger partial charge in [0.2, 0.25) is 0 Å². The monoisotopic (exact) mass is 498 g/mol. The molecule has 0 unspecified atom stereocenters. The molecule has 0 aliphatic carbocycles. The summed E-state index contributed by atoms with van der Waals surface area (Å²) in [5.41, 5.74) is 2.58. The smallest absolute Gasteiger partial charge is 0.191 e. The van der Waals surface area contributed by atoms with Gasteiger partial charge in [-0.3, -0.25) is 9.89 Å². The minimum atomic E-state index is 0. The predicted molar refractivity (Wildman–Crippen MR) is 125 cm³/mol. The molecular weight excluding hydrogens is 471 g/mol. The lowest BCUT2D eigenvalue weighted by Crippen LogP contribution is -2.48. The molecule has 1 heterocycles. The zero-order chi connectivity index (χ0) is 18.2. The number of rotatable bonds is 5. The maximum absolute atomic E-state index is 5.93. The molecule has 2 aromatic carbocycles. The first-order valence-electron chi connectivity index (χ1n) is 9.21. The van der Waals surface area contributed by atoms with Crippen molar-refractivity contribution in [2.24, 2.45) is 4.99 Å². The van der Waals surface area contributed by atoms with Gasteiger partial charge >= 0.3 is 0 Å². The Balaban J connectivity index is 0.00000261. The van der Waals surface area contributed by atoms with Crippen LogP contribution in [0.1, 0.15) is 24.0 Å². The molecule has 6 heteroatoms. The van der Waals surface area contributed by atoms with E-state index in [9.17, 15) is 0 Å². The van der Waals surface area contributed by atoms with E-state index in [4.69, 9.17) is 11.6 Å². The quantitative estimate of drug-likeness (QED) is 0.367. The third-order valence-corrected chi connectivity index (χ3v) is 5.03. The van der Waals surface area contributed by atoms with Crippen molar-refractivity contribution in [2.75, 3.05) is 20.1 Å². The van der Waals surface area contributed by atoms with Gasteiger partial charge in [0.15, 0.2) is 5.96 Å². The molecule has 1 saturated heterocycles. The third kappa shape index (κ3) is 7.31. The van der Waals surface area contributed by atoms with E-state index >= 15 is 0 Å². The molecule has 2 aromatic rings. The number of nitrogens with one attached hydrogen (secondary N) is 2. The number of piperidine rings is 1. The van der Waals surface area contributed by atoms with Gasteiger partial charge in [0, 0.05) is 44.3 Å². The Kier molecular flexibility index (Phi) is 9.38. The van der Waals surface area contributed by atoms with E-state index < -0.39 is 0 Å². The molecule has 146 valence electrons. The van der Waals surface area contributed by atoms with Crippen LogP contribution in [0.25, 0.3) is 0 Å². The van der Waals surface area contributed by atoms with E-state index in [2.05, 4.69) is 50.9 Å². The van der Waals surface area contributed by atoms with Gasteiger partial charge < -0.3 is 10.6 Å². The van der Waals surface area contributed by atoms with Crippen LogP contribution in [0.3, 0.4) is 0 Å². The Morgan fingerprint density at radius 3 is 2.33 bits per heavy atom. The van der Waals surface area contributed by atoms with Crippen LogP contribution in [0.2, 0.25) is 5.02 Å². The van der Waals surface area contributed by atoms with Crippen LogP contribution in [0.5, 0.6) is 0 Å². The summed E-state index contributed by atoms with van der Waals surface area (Å²) in [5, 5.41) is 7.71. The van der Waals surface area contributed by atoms with Crippen molar-refractivity contribution in [2.45, 2.75) is 32.0 Å². The summed E-state index contributed by atoms with van der Waals surface area (Å²) in [7, 11) is 1.82. The highest BCUT2D eigenvalue weighted by Gasteiger charge is 2.19. The fourth-order valence-corrected chi connectivity index (χ4v) is 3.38. The largest absolute Gasteiger partial charge is 0.354 e. The minimum Gasteiger partial charge on any atom is -0.354 e. The number of hydrogen-bond acceptors (Lipinski definition) is 2. The van der Waals surface area contributed by atoms with Gasteiger partial charge in [-0.15, -0.1) is 24.0 Å². The van der Waals surface area contributed by atoms with Crippen molar-refractivity contribution in [3.63, 3.8) is 0 Å². The number of nitrogens with zero attached hydrogens (tertiary/aromatic N) is 2. The van der Waals surface area contributed by atoms with Crippen molar-refractivity contribution in [1.82, 2.24) is 15.5 Å². The van der Waals surface area contributed by atoms with Crippen molar-refractivity contribution < 1.29 is 0 Å². The molecule has 0 aromatic heterocycles. The van der Waals surface area contributed by atoms with Crippen LogP contribution in [0, 0.1) is 0 Å². The third-order valence-electron chi connectivity index (χ3n) is 4.77. The highest BCUT2D eigenvalue weighted by atomic mass is 127. The highest BCUT2D eigenvalue weighted by Crippen LogP contribution is 2.14. The van der Waals surface area contributed by atoms with Crippen LogP contribution >= 0.6 is 35.6 Å². The Morgan fingerprint density at radius 2 is 1.70 bits per heavy atom. The maximum Gasteiger partial charge on any atom is 0.191 e. The maximum atomic E-state index is 5.93. The first-order chi connectivity index (χ1) is 12.7. The standard InChI is InChI=1S/C21H27ClN4.HI/c1-23-21(24-15-17-7-9-19(22)10-8-17)25-20-11-13-26(14-12-20)16-18-5-3-2-4-6-18;/h2-10,20H,11-16H2,1H3,(H2,23,24,25);1H. The molecule has 1 fully saturated rings. The summed E-state index contributed by atoms with van der Waals surface area (Å²) >= 11 is 5.93. The van der Waals surface area contributed by atoms with Crippen molar-refractivity contribution in [3.05, 3.63) is 70.7 Å². The van der Waals surface area contributed by atoms with E-state index in [0.29, 0.717) is 6.04 Å². The van der Waals surface area contributed by atoms with Crippen LogP contribution in [0.15, 0.2) is 59.6 Å². The fourth-order valence-electron chi connectivity index (χ4n) is 3.25. The number of benzene rings is 2. The summed E-state index contributed by atoms with van der Waals surface area (Å²) < 4.78 is 0. The summed E-state index contributed by atoms with van der Waals surface area (Å²) in [6, 6.07) is 19.1. The topological polar surface area (TPSA) is 39.7 Å². The Hall–Kier alpha value is -1.31. The first kappa shape index (κ1) is 22.0. The first-order valence-corrected chi connectivity index (χ1v) is 9.58. The lowest BCUT2D eigenvalue weighted by molar-refractivity contribution is 0.198. The van der Waals surface area contributed by atoms with Crippen LogP contribution < -0.4 is 10.6 Å². The van der Waals surface area contributed by atoms with E-state index in [0.717, 1.165) is 50.0 Å². The Bertz CT molecular complexity index is 698. The molecule has 4 nitrogen and oxygen atoms in total. The van der Waals surface area contributed by atoms with Crippen molar-refractivity contribution in [3.8, 4) is 0 Å². The number of guanidine groups is 1. The number of hydrogen-bond donors (Lipinski definition) is 2. The van der Waals surface area contributed by atoms with Gasteiger partial charge in [0.05, 0.1) is 0 Å². The zero-order valence-electron chi connectivity index (χ0n) is 15.7. The molecule has 1 aliphatic heterocycles. The molecule has 0 amide bonds. The van der Waals surface area contributed by atoms with E-state index in [1.807, 2.05) is 31.3 Å². The summed E-state index contributed by atoms with van der Waals surface area (Å²) in [6.45, 7) is 4.00. The summed E-state index contributed by atoms with van der Waals surface area (Å²) in [5.74, 6) is 0.862. The van der Waals surface area contributed by atoms with E-state index in [-0.39, 0.29) is 24.0 Å². The average Bonchev–Trinajstić information content (AvgIpc) is 2.68. The average molecular weight is 499 g/mol. The van der Waals surface area contributed by atoms with Gasteiger partial charge in [0.25, 0.3) is 0 Å². The van der Waals surface area contributed by atoms with Gasteiger partial charge in [-0.05, 0) is 36.1 Å². The van der Waals surface area contributed by atoms with E-state index in [1.54, 1.807) is 0 Å². The molecule has 1 aliphatic rings. The minimum absolute atomic E-state index is 0. The Morgan fingerprint density at radius 1 is 1.04 bits per heavy atom. The molecule has 2 N–H and O–H groups in total. The predicted octanol–water partition coefficient (Wildman–Crippen LogP) is 4.29. The number of halogens is 2. The molecular formula is C21H28ClIN4. The second-order valence-corrected chi connectivity index (χ2v) is 7.17. The van der Waals surface area contributed by atoms with Crippen molar-refractivity contribution in [1.29, 1.82) is 0 Å². The molecule has 0 radical (unpaired) electrons. The lowest BCUT2D eigenvalue weighted by Gasteiger charge is -2.33. The van der Waals surface area contributed by atoms with Gasteiger partial charge in [0.1, 0.15) is 0 Å². The van der Waals surface area contributed by atoms with Crippen molar-refractivity contribution >= 4 is 41.5 Å². The SMILES string of the molecule is CN=C(NCc1ccc(Cl)cc1)NC1CCN(Cc2ccccc2)CC1.I. The molecule has 0 bridgehead atoms. The zero-order valence-corrected chi connectivity index (χ0v) is 18.8. The second kappa shape index (κ2) is 11.5. The molecule has 27 heavy (non-hydrogen) atoms. The molecule has 0 atom stereocenters. The number of aliphatic imine (C=N–C) groups is 1. The lowest BCUT2D eigenvalue weighted by atomic mass is 10.0. The van der Waals surface area contributed by atoms with E-state index in [1.165, 1.54) is 11.1 Å². The fraction of sp³-hybridized carbons (Fsp3) is 0.381. The summed E-state index contributed by atoms with van der Waals surface area (Å²) in [4.78, 5) is 6.88. The van der Waals surface area contributed by atoms with Gasteiger partial charge in [-0.1, -0.05) is 54.1 Å². The second-order valence-electron chi connectivity index (χ2n) is 6.73. The van der Waals surface area contributed by atoms with Crippen LogP contribution in [0.4, 0.5) is 0 Å². The summed E-state index contributed by atoms with van der Waals surface area (Å²) in [6.07, 6.45) is 2.27. The highest BCUT2D eigenvalue weighted by molar-refractivity contribution is 14.0.